The number of rotatable bonds is 6. The number of ether oxygens (including phenoxy) is 1. The Hall–Kier alpha value is -2.99. The van der Waals surface area contributed by atoms with Gasteiger partial charge in [0.15, 0.2) is 0 Å². The van der Waals surface area contributed by atoms with Crippen molar-refractivity contribution in [3.05, 3.63) is 58.6 Å². The molecule has 2 aliphatic rings. The van der Waals surface area contributed by atoms with E-state index in [0.29, 0.717) is 40.4 Å². The average Bonchev–Trinajstić information content (AvgIpc) is 3.30. The van der Waals surface area contributed by atoms with Crippen LogP contribution in [0, 0.1) is 5.41 Å². The lowest BCUT2D eigenvalue weighted by molar-refractivity contribution is 0.113. The highest BCUT2D eigenvalue weighted by Crippen LogP contribution is 2.42. The van der Waals surface area contributed by atoms with Crippen LogP contribution < -0.4 is 9.64 Å². The molecule has 0 bridgehead atoms. The number of hydrogen-bond donors (Lipinski definition) is 1. The smallest absolute Gasteiger partial charge is 0.225 e. The lowest BCUT2D eigenvalue weighted by atomic mass is 9.72. The lowest BCUT2D eigenvalue weighted by Crippen LogP contribution is -2.61. The summed E-state index contributed by atoms with van der Waals surface area (Å²) in [6.45, 7) is 4.70. The summed E-state index contributed by atoms with van der Waals surface area (Å²) in [4.78, 5) is 15.4. The number of aromatic nitrogens is 5. The number of nitrogens with one attached hydrogen (secondary N) is 1. The summed E-state index contributed by atoms with van der Waals surface area (Å²) >= 11 is 12.6. The Labute approximate surface area is 236 Å². The summed E-state index contributed by atoms with van der Waals surface area (Å²) < 4.78 is 31.4. The van der Waals surface area contributed by atoms with Gasteiger partial charge in [0.1, 0.15) is 17.5 Å². The first kappa shape index (κ1) is 26.2. The molecule has 0 radical (unpaired) electrons. The second kappa shape index (κ2) is 9.88. The number of aromatic amines is 1. The molecule has 0 saturated carbocycles. The molecule has 39 heavy (non-hydrogen) atoms. The fraction of sp³-hybridized carbons (Fsp3) is 0.385. The average molecular weight is 589 g/mol. The van der Waals surface area contributed by atoms with Crippen molar-refractivity contribution in [3.8, 4) is 17.0 Å². The Morgan fingerprint density at radius 3 is 2.36 bits per heavy atom. The van der Waals surface area contributed by atoms with E-state index in [2.05, 4.69) is 30.0 Å². The Kier molecular flexibility index (Phi) is 6.65. The number of halogens is 2. The molecule has 1 atom stereocenters. The van der Waals surface area contributed by atoms with Crippen LogP contribution in [0.4, 0.5) is 5.95 Å². The molecule has 4 aromatic rings. The van der Waals surface area contributed by atoms with E-state index in [4.69, 9.17) is 27.9 Å². The number of nitrogens with zero attached hydrogens (tertiary/aromatic N) is 6. The second-order valence-electron chi connectivity index (χ2n) is 10.3. The van der Waals surface area contributed by atoms with Crippen LogP contribution in [0.15, 0.2) is 43.0 Å². The van der Waals surface area contributed by atoms with Gasteiger partial charge in [-0.05, 0) is 38.0 Å². The molecule has 3 aromatic heterocycles. The minimum absolute atomic E-state index is 0.139. The summed E-state index contributed by atoms with van der Waals surface area (Å²) in [6, 6.07) is 5.70. The number of benzene rings is 1. The van der Waals surface area contributed by atoms with E-state index in [9.17, 15) is 8.42 Å². The van der Waals surface area contributed by atoms with Gasteiger partial charge < -0.3 is 9.64 Å². The van der Waals surface area contributed by atoms with E-state index < -0.39 is 10.0 Å². The van der Waals surface area contributed by atoms with Gasteiger partial charge in [0.05, 0.1) is 21.8 Å². The molecule has 6 rings (SSSR count). The van der Waals surface area contributed by atoms with Gasteiger partial charge in [-0.3, -0.25) is 10.1 Å². The standard InChI is InChI=1S/C26H27Cl2N7O3S/c1-16(23-20(27)12-29-13-21(23)28)38-18-3-4-22-19(9-18)24(33-32-22)17-10-30-25(31-11-17)34-14-26(15-34)5-7-35(8-6-26)39(2,36)37/h3-4,9-13,16H,5-8,14-15H2,1-2H3,(H,32,33)/t16-/m1/s1. The number of fused-ring (bicyclic) bond motifs is 1. The van der Waals surface area contributed by atoms with Crippen LogP contribution in [0.1, 0.15) is 31.4 Å². The number of hydrogen-bond acceptors (Lipinski definition) is 8. The van der Waals surface area contributed by atoms with Crippen LogP contribution in [0.2, 0.25) is 10.0 Å². The third-order valence-corrected chi connectivity index (χ3v) is 9.55. The topological polar surface area (TPSA) is 117 Å². The number of H-pyrrole nitrogens is 1. The minimum Gasteiger partial charge on any atom is -0.486 e. The van der Waals surface area contributed by atoms with Crippen LogP contribution in [0.5, 0.6) is 5.75 Å². The highest BCUT2D eigenvalue weighted by Gasteiger charge is 2.46. The quantitative estimate of drug-likeness (QED) is 0.344. The zero-order chi connectivity index (χ0) is 27.4. The summed E-state index contributed by atoms with van der Waals surface area (Å²) in [5.74, 6) is 1.31. The molecule has 0 unspecified atom stereocenters. The Morgan fingerprint density at radius 1 is 1.05 bits per heavy atom. The number of piperidine rings is 1. The molecule has 204 valence electrons. The molecular weight excluding hydrogens is 561 g/mol. The third kappa shape index (κ3) is 5.04. The monoisotopic (exact) mass is 587 g/mol. The molecule has 2 aliphatic heterocycles. The van der Waals surface area contributed by atoms with Crippen molar-refractivity contribution in [1.29, 1.82) is 0 Å². The number of anilines is 1. The van der Waals surface area contributed by atoms with Crippen molar-refractivity contribution in [3.63, 3.8) is 0 Å². The maximum absolute atomic E-state index is 11.8. The Balaban J connectivity index is 1.15. The molecule has 0 aliphatic carbocycles. The summed E-state index contributed by atoms with van der Waals surface area (Å²) in [5, 5.41) is 9.33. The second-order valence-corrected chi connectivity index (χ2v) is 13.1. The van der Waals surface area contributed by atoms with Crippen molar-refractivity contribution in [1.82, 2.24) is 29.5 Å². The first-order valence-electron chi connectivity index (χ1n) is 12.6. The maximum atomic E-state index is 11.8. The number of pyridine rings is 1. The van der Waals surface area contributed by atoms with Gasteiger partial charge in [0, 0.05) is 72.9 Å². The van der Waals surface area contributed by atoms with Gasteiger partial charge in [-0.15, -0.1) is 0 Å². The third-order valence-electron chi connectivity index (χ3n) is 7.64. The highest BCUT2D eigenvalue weighted by molar-refractivity contribution is 7.88. The van der Waals surface area contributed by atoms with Crippen LogP contribution >= 0.6 is 23.2 Å². The van der Waals surface area contributed by atoms with E-state index in [1.165, 1.54) is 6.26 Å². The van der Waals surface area contributed by atoms with Crippen molar-refractivity contribution >= 4 is 50.1 Å². The van der Waals surface area contributed by atoms with E-state index >= 15 is 0 Å². The molecule has 2 saturated heterocycles. The molecule has 1 N–H and O–H groups in total. The zero-order valence-electron chi connectivity index (χ0n) is 21.4. The first-order valence-corrected chi connectivity index (χ1v) is 15.2. The normalized spacial score (nSPS) is 18.3. The molecule has 0 amide bonds. The predicted molar refractivity (Wildman–Crippen MR) is 151 cm³/mol. The van der Waals surface area contributed by atoms with E-state index in [-0.39, 0.29) is 11.5 Å². The van der Waals surface area contributed by atoms with Gasteiger partial charge in [-0.25, -0.2) is 22.7 Å². The molecule has 5 heterocycles. The van der Waals surface area contributed by atoms with Crippen molar-refractivity contribution in [2.75, 3.05) is 37.3 Å². The molecule has 1 spiro atoms. The molecular formula is C26H27Cl2N7O3S. The van der Waals surface area contributed by atoms with Gasteiger partial charge in [-0.2, -0.15) is 5.10 Å². The molecule has 10 nitrogen and oxygen atoms in total. The van der Waals surface area contributed by atoms with Crippen LogP contribution in [0.3, 0.4) is 0 Å². The van der Waals surface area contributed by atoms with Gasteiger partial charge >= 0.3 is 0 Å². The molecule has 1 aromatic carbocycles. The lowest BCUT2D eigenvalue weighted by Gasteiger charge is -2.53. The van der Waals surface area contributed by atoms with Crippen molar-refractivity contribution < 1.29 is 13.2 Å². The summed E-state index contributed by atoms with van der Waals surface area (Å²) in [6.07, 6.45) is 9.26. The predicted octanol–water partition coefficient (Wildman–Crippen LogP) is 4.72. The van der Waals surface area contributed by atoms with Gasteiger partial charge in [0.2, 0.25) is 16.0 Å². The largest absolute Gasteiger partial charge is 0.486 e. The fourth-order valence-electron chi connectivity index (χ4n) is 5.48. The summed E-state index contributed by atoms with van der Waals surface area (Å²) in [7, 11) is -3.13. The molecule has 13 heteroatoms. The van der Waals surface area contributed by atoms with Crippen LogP contribution in [0.25, 0.3) is 22.2 Å². The SMILES string of the molecule is C[C@@H](Oc1ccc2[nH]nc(-c3cnc(N4CC5(CCN(S(C)(=O)=O)CC5)C4)nc3)c2c1)c1c(Cl)cncc1Cl. The first-order chi connectivity index (χ1) is 18.6. The summed E-state index contributed by atoms with van der Waals surface area (Å²) in [5.41, 5.74) is 3.19. The fourth-order valence-corrected chi connectivity index (χ4v) is 7.00. The van der Waals surface area contributed by atoms with Crippen LogP contribution in [-0.2, 0) is 10.0 Å². The van der Waals surface area contributed by atoms with E-state index in [1.807, 2.05) is 25.1 Å². The minimum atomic E-state index is -3.13. The highest BCUT2D eigenvalue weighted by atomic mass is 35.5. The van der Waals surface area contributed by atoms with Gasteiger partial charge in [0.25, 0.3) is 0 Å². The van der Waals surface area contributed by atoms with Crippen molar-refractivity contribution in [2.45, 2.75) is 25.9 Å². The zero-order valence-corrected chi connectivity index (χ0v) is 23.8. The van der Waals surface area contributed by atoms with E-state index in [1.54, 1.807) is 29.1 Å². The van der Waals surface area contributed by atoms with Crippen LogP contribution in [-0.4, -0.2) is 70.3 Å². The Bertz CT molecular complexity index is 1610. The molecule has 2 fully saturated rings. The maximum Gasteiger partial charge on any atom is 0.225 e. The van der Waals surface area contributed by atoms with Gasteiger partial charge in [-0.1, -0.05) is 23.2 Å². The Morgan fingerprint density at radius 2 is 1.72 bits per heavy atom. The van der Waals surface area contributed by atoms with E-state index in [0.717, 1.165) is 48.1 Å². The number of sulfonamides is 1. The van der Waals surface area contributed by atoms with Crippen molar-refractivity contribution in [2.24, 2.45) is 5.41 Å².